The number of carbonyl (C=O) groups is 2. The highest BCUT2D eigenvalue weighted by atomic mass is 35.5. The number of nitrogens with zero attached hydrogens (tertiary/aromatic N) is 1. The molecule has 1 atom stereocenters. The van der Waals surface area contributed by atoms with Crippen molar-refractivity contribution >= 4 is 34.4 Å². The zero-order chi connectivity index (χ0) is 23.8. The minimum atomic E-state index is -0.968. The number of nitrogens with one attached hydrogen (secondary N) is 1. The van der Waals surface area contributed by atoms with Gasteiger partial charge in [0.2, 0.25) is 0 Å². The standard InChI is InChI=1S/C28H25ClN2O3/c1-17(19-8-10-20(11-9-19)28(33)34)30-27(32)25-15-21-5-3-7-23(21)24-12-13-31(26(24)25)16-18-4-2-6-22(29)14-18/h2,4,6,8-15,17H,3,5,7,16H2,1H3,(H,30,32)(H,33,34)/t17-/m0/s1. The molecule has 34 heavy (non-hydrogen) atoms. The van der Waals surface area contributed by atoms with Crippen molar-refractivity contribution in [3.05, 3.63) is 105 Å². The quantitative estimate of drug-likeness (QED) is 0.360. The Labute approximate surface area is 203 Å². The lowest BCUT2D eigenvalue weighted by atomic mass is 9.99. The molecule has 0 unspecified atom stereocenters. The molecular weight excluding hydrogens is 448 g/mol. The molecular formula is C28H25ClN2O3. The van der Waals surface area contributed by atoms with Crippen molar-refractivity contribution in [3.8, 4) is 0 Å². The van der Waals surface area contributed by atoms with Gasteiger partial charge in [-0.05, 0) is 84.8 Å². The molecule has 1 aliphatic rings. The molecule has 3 aromatic carbocycles. The average molecular weight is 473 g/mol. The Kier molecular flexibility index (Phi) is 5.88. The average Bonchev–Trinajstić information content (AvgIpc) is 3.45. The number of hydrogen-bond acceptors (Lipinski definition) is 2. The summed E-state index contributed by atoms with van der Waals surface area (Å²) in [4.78, 5) is 24.7. The number of hydrogen-bond donors (Lipinski definition) is 2. The third kappa shape index (κ3) is 4.19. The van der Waals surface area contributed by atoms with Crippen LogP contribution in [0.3, 0.4) is 0 Å². The van der Waals surface area contributed by atoms with E-state index in [2.05, 4.69) is 28.2 Å². The summed E-state index contributed by atoms with van der Waals surface area (Å²) in [6.45, 7) is 2.53. The third-order valence-electron chi connectivity index (χ3n) is 6.61. The fourth-order valence-corrected chi connectivity index (χ4v) is 5.11. The summed E-state index contributed by atoms with van der Waals surface area (Å²) in [6.07, 6.45) is 5.16. The van der Waals surface area contributed by atoms with Crippen LogP contribution >= 0.6 is 11.6 Å². The van der Waals surface area contributed by atoms with Gasteiger partial charge in [0.1, 0.15) is 0 Å². The van der Waals surface area contributed by atoms with E-state index >= 15 is 0 Å². The maximum absolute atomic E-state index is 13.5. The van der Waals surface area contributed by atoms with Gasteiger partial charge in [0.25, 0.3) is 5.91 Å². The lowest BCUT2D eigenvalue weighted by Crippen LogP contribution is -2.27. The molecule has 0 aliphatic heterocycles. The van der Waals surface area contributed by atoms with Crippen LogP contribution in [0, 0.1) is 0 Å². The zero-order valence-electron chi connectivity index (χ0n) is 18.8. The monoisotopic (exact) mass is 472 g/mol. The van der Waals surface area contributed by atoms with Gasteiger partial charge in [0.05, 0.1) is 22.7 Å². The highest BCUT2D eigenvalue weighted by Crippen LogP contribution is 2.34. The Hall–Kier alpha value is -3.57. The van der Waals surface area contributed by atoms with E-state index in [4.69, 9.17) is 16.7 Å². The molecule has 1 aliphatic carbocycles. The first kappa shape index (κ1) is 22.2. The van der Waals surface area contributed by atoms with Crippen molar-refractivity contribution in [1.29, 1.82) is 0 Å². The van der Waals surface area contributed by atoms with Gasteiger partial charge in [-0.3, -0.25) is 4.79 Å². The minimum Gasteiger partial charge on any atom is -0.478 e. The van der Waals surface area contributed by atoms with Gasteiger partial charge in [-0.15, -0.1) is 0 Å². The molecule has 5 rings (SSSR count). The number of aromatic carboxylic acids is 1. The SMILES string of the molecule is C[C@H](NC(=O)c1cc2c(c3ccn(Cc4cccc(Cl)c4)c13)CCC2)c1ccc(C(=O)O)cc1. The molecule has 5 nitrogen and oxygen atoms in total. The van der Waals surface area contributed by atoms with Gasteiger partial charge in [0.15, 0.2) is 0 Å². The molecule has 0 saturated carbocycles. The van der Waals surface area contributed by atoms with Crippen LogP contribution in [0.2, 0.25) is 5.02 Å². The maximum atomic E-state index is 13.5. The lowest BCUT2D eigenvalue weighted by molar-refractivity contribution is 0.0696. The molecule has 2 N–H and O–H groups in total. The van der Waals surface area contributed by atoms with Crippen molar-refractivity contribution in [1.82, 2.24) is 9.88 Å². The second-order valence-electron chi connectivity index (χ2n) is 8.87. The first-order valence-electron chi connectivity index (χ1n) is 11.4. The molecule has 0 saturated heterocycles. The van der Waals surface area contributed by atoms with Crippen molar-refractivity contribution in [2.75, 3.05) is 0 Å². The Balaban J connectivity index is 1.50. The number of amides is 1. The summed E-state index contributed by atoms with van der Waals surface area (Å²) in [6, 6.07) is 18.3. The fraction of sp³-hybridized carbons (Fsp3) is 0.214. The van der Waals surface area contributed by atoms with E-state index in [1.54, 1.807) is 24.3 Å². The first-order chi connectivity index (χ1) is 16.4. The van der Waals surface area contributed by atoms with Crippen molar-refractivity contribution in [2.24, 2.45) is 0 Å². The third-order valence-corrected chi connectivity index (χ3v) is 6.85. The van der Waals surface area contributed by atoms with Gasteiger partial charge in [-0.25, -0.2) is 4.79 Å². The molecule has 0 bridgehead atoms. The number of aryl methyl sites for hydroxylation is 2. The number of fused-ring (bicyclic) bond motifs is 3. The van der Waals surface area contributed by atoms with Gasteiger partial charge >= 0.3 is 5.97 Å². The summed E-state index contributed by atoms with van der Waals surface area (Å²) in [5.41, 5.74) is 6.34. The van der Waals surface area contributed by atoms with Crippen molar-refractivity contribution in [3.63, 3.8) is 0 Å². The Bertz CT molecular complexity index is 1410. The fourth-order valence-electron chi connectivity index (χ4n) is 4.90. The number of rotatable bonds is 6. The Morgan fingerprint density at radius 2 is 1.88 bits per heavy atom. The molecule has 4 aromatic rings. The number of aromatic nitrogens is 1. The normalized spacial score (nSPS) is 13.6. The first-order valence-corrected chi connectivity index (χ1v) is 11.8. The molecule has 1 heterocycles. The second-order valence-corrected chi connectivity index (χ2v) is 9.31. The summed E-state index contributed by atoms with van der Waals surface area (Å²) < 4.78 is 2.13. The maximum Gasteiger partial charge on any atom is 0.335 e. The number of carbonyl (C=O) groups excluding carboxylic acids is 1. The van der Waals surface area contributed by atoms with Crippen LogP contribution in [0.15, 0.2) is 66.9 Å². The van der Waals surface area contributed by atoms with E-state index in [1.165, 1.54) is 11.1 Å². The van der Waals surface area contributed by atoms with Crippen LogP contribution in [-0.4, -0.2) is 21.6 Å². The van der Waals surface area contributed by atoms with Crippen LogP contribution in [0.5, 0.6) is 0 Å². The van der Waals surface area contributed by atoms with Crippen LogP contribution in [-0.2, 0) is 19.4 Å². The summed E-state index contributed by atoms with van der Waals surface area (Å²) in [7, 11) is 0. The lowest BCUT2D eigenvalue weighted by Gasteiger charge is -2.17. The topological polar surface area (TPSA) is 71.3 Å². The molecule has 172 valence electrons. The Morgan fingerprint density at radius 1 is 1.09 bits per heavy atom. The largest absolute Gasteiger partial charge is 0.478 e. The van der Waals surface area contributed by atoms with Crippen LogP contribution < -0.4 is 5.32 Å². The van der Waals surface area contributed by atoms with Gasteiger partial charge < -0.3 is 15.0 Å². The Morgan fingerprint density at radius 3 is 2.62 bits per heavy atom. The predicted molar refractivity (Wildman–Crippen MR) is 134 cm³/mol. The van der Waals surface area contributed by atoms with Gasteiger partial charge in [-0.1, -0.05) is 35.9 Å². The zero-order valence-corrected chi connectivity index (χ0v) is 19.6. The van der Waals surface area contributed by atoms with Crippen LogP contribution in [0.4, 0.5) is 0 Å². The smallest absolute Gasteiger partial charge is 0.335 e. The van der Waals surface area contributed by atoms with E-state index < -0.39 is 5.97 Å². The number of halogens is 1. The molecule has 0 spiro atoms. The van der Waals surface area contributed by atoms with E-state index in [0.29, 0.717) is 17.1 Å². The van der Waals surface area contributed by atoms with E-state index in [0.717, 1.165) is 41.3 Å². The predicted octanol–water partition coefficient (Wildman–Crippen LogP) is 6.02. The molecule has 1 aromatic heterocycles. The number of benzene rings is 3. The van der Waals surface area contributed by atoms with Crippen LogP contribution in [0.1, 0.15) is 62.4 Å². The highest BCUT2D eigenvalue weighted by Gasteiger charge is 2.23. The molecule has 0 fully saturated rings. The van der Waals surface area contributed by atoms with Gasteiger partial charge in [0, 0.05) is 23.2 Å². The number of carboxylic acids is 1. The summed E-state index contributed by atoms with van der Waals surface area (Å²) in [5.74, 6) is -1.11. The van der Waals surface area contributed by atoms with Crippen molar-refractivity contribution in [2.45, 2.75) is 38.8 Å². The minimum absolute atomic E-state index is 0.138. The molecule has 6 heteroatoms. The molecule has 0 radical (unpaired) electrons. The second kappa shape index (κ2) is 8.99. The summed E-state index contributed by atoms with van der Waals surface area (Å²) in [5, 5.41) is 14.1. The van der Waals surface area contributed by atoms with Crippen LogP contribution in [0.25, 0.3) is 10.9 Å². The van der Waals surface area contributed by atoms with E-state index in [1.807, 2.05) is 31.2 Å². The van der Waals surface area contributed by atoms with Crippen molar-refractivity contribution < 1.29 is 14.7 Å². The van der Waals surface area contributed by atoms with E-state index in [9.17, 15) is 9.59 Å². The van der Waals surface area contributed by atoms with E-state index in [-0.39, 0.29) is 17.5 Å². The van der Waals surface area contributed by atoms with Gasteiger partial charge in [-0.2, -0.15) is 0 Å². The molecule has 1 amide bonds. The highest BCUT2D eigenvalue weighted by molar-refractivity contribution is 6.30. The summed E-state index contributed by atoms with van der Waals surface area (Å²) >= 11 is 6.20. The number of carboxylic acid groups (broad SMARTS) is 1.